The smallest absolute Gasteiger partial charge is 0.277 e. The van der Waals surface area contributed by atoms with E-state index in [4.69, 9.17) is 9.47 Å². The zero-order valence-electron chi connectivity index (χ0n) is 17.8. The highest BCUT2D eigenvalue weighted by Gasteiger charge is 2.14. The van der Waals surface area contributed by atoms with Crippen molar-refractivity contribution in [2.75, 3.05) is 38.7 Å². The molecule has 3 aromatic rings. The molecule has 2 N–H and O–H groups in total. The van der Waals surface area contributed by atoms with Crippen molar-refractivity contribution in [3.05, 3.63) is 59.8 Å². The molecule has 0 bridgehead atoms. The zero-order chi connectivity index (χ0) is 22.2. The third-order valence-corrected chi connectivity index (χ3v) is 5.00. The van der Waals surface area contributed by atoms with E-state index in [0.717, 1.165) is 19.6 Å². The molecule has 4 heterocycles. The number of nitrogens with zero attached hydrogens (tertiary/aromatic N) is 4. The molecule has 9 heteroatoms. The Labute approximate surface area is 186 Å². The fourth-order valence-electron chi connectivity index (χ4n) is 3.31. The maximum absolute atomic E-state index is 12.7. The number of likely N-dealkylation sites (tertiary alicyclic amines) is 1. The lowest BCUT2D eigenvalue weighted by molar-refractivity contribution is 0.102. The van der Waals surface area contributed by atoms with Gasteiger partial charge < -0.3 is 14.8 Å². The molecule has 3 aromatic heterocycles. The molecule has 1 amide bonds. The molecule has 32 heavy (non-hydrogen) atoms. The van der Waals surface area contributed by atoms with Crippen LogP contribution in [-0.2, 0) is 0 Å². The number of ether oxygens (including phenoxy) is 2. The number of aromatic amines is 1. The highest BCUT2D eigenvalue weighted by atomic mass is 16.5. The van der Waals surface area contributed by atoms with Crippen molar-refractivity contribution in [1.82, 2.24) is 25.1 Å². The van der Waals surface area contributed by atoms with Crippen LogP contribution in [0.4, 0.5) is 5.69 Å². The second kappa shape index (κ2) is 10.4. The number of aromatic nitrogens is 4. The highest BCUT2D eigenvalue weighted by Crippen LogP contribution is 2.15. The van der Waals surface area contributed by atoms with Crippen LogP contribution in [0.2, 0.25) is 0 Å². The van der Waals surface area contributed by atoms with Crippen LogP contribution in [0.3, 0.4) is 0 Å². The summed E-state index contributed by atoms with van der Waals surface area (Å²) in [5, 5.41) is 9.49. The van der Waals surface area contributed by atoms with E-state index in [-0.39, 0.29) is 11.6 Å². The fraction of sp³-hybridized carbons (Fsp3) is 0.304. The predicted octanol–water partition coefficient (Wildman–Crippen LogP) is 2.33. The van der Waals surface area contributed by atoms with Gasteiger partial charge in [-0.25, -0.2) is 4.98 Å². The molecule has 0 spiro atoms. The maximum Gasteiger partial charge on any atom is 0.277 e. The van der Waals surface area contributed by atoms with Crippen molar-refractivity contribution in [2.45, 2.75) is 12.8 Å². The number of anilines is 1. The number of H-pyrrole nitrogens is 1. The first-order valence-electron chi connectivity index (χ1n) is 10.4. The van der Waals surface area contributed by atoms with E-state index in [2.05, 4.69) is 42.2 Å². The van der Waals surface area contributed by atoms with Crippen molar-refractivity contribution in [3.63, 3.8) is 0 Å². The Morgan fingerprint density at radius 3 is 2.88 bits per heavy atom. The predicted molar refractivity (Wildman–Crippen MR) is 119 cm³/mol. The van der Waals surface area contributed by atoms with E-state index in [1.807, 2.05) is 0 Å². The van der Waals surface area contributed by atoms with E-state index in [1.54, 1.807) is 50.1 Å². The Hall–Kier alpha value is -3.90. The number of methoxy groups -OCH3 is 1. The minimum atomic E-state index is -0.385. The van der Waals surface area contributed by atoms with Crippen LogP contribution in [0, 0.1) is 11.8 Å². The maximum atomic E-state index is 12.7. The minimum absolute atomic E-state index is 0.194. The molecule has 0 atom stereocenters. The standard InChI is InChI=1S/C23H24N6O3/c1-31-20-12-17(13-24-16-20)4-5-18-14-26-28-22(18)23(30)27-19-6-7-21(25-15-19)32-11-10-29-8-2-3-9-29/h6-7,12-16H,2-3,8-11H2,1H3,(H,26,28)(H,27,30). The Balaban J connectivity index is 1.34. The largest absolute Gasteiger partial charge is 0.495 e. The van der Waals surface area contributed by atoms with E-state index in [0.29, 0.717) is 35.1 Å². The summed E-state index contributed by atoms with van der Waals surface area (Å²) in [6.45, 7) is 3.77. The van der Waals surface area contributed by atoms with Gasteiger partial charge in [-0.3, -0.25) is 19.8 Å². The number of pyridine rings is 2. The van der Waals surface area contributed by atoms with Gasteiger partial charge in [-0.1, -0.05) is 11.8 Å². The number of carbonyl (C=O) groups excluding carboxylic acids is 1. The zero-order valence-corrected chi connectivity index (χ0v) is 17.8. The van der Waals surface area contributed by atoms with Crippen molar-refractivity contribution in [2.24, 2.45) is 0 Å². The molecule has 1 fully saturated rings. The molecule has 1 aliphatic heterocycles. The molecule has 4 rings (SSSR count). The molecule has 0 radical (unpaired) electrons. The van der Waals surface area contributed by atoms with E-state index < -0.39 is 0 Å². The molecule has 0 unspecified atom stereocenters. The highest BCUT2D eigenvalue weighted by molar-refractivity contribution is 6.04. The molecular weight excluding hydrogens is 408 g/mol. The van der Waals surface area contributed by atoms with Crippen molar-refractivity contribution in [3.8, 4) is 23.5 Å². The van der Waals surface area contributed by atoms with E-state index in [1.165, 1.54) is 12.8 Å². The van der Waals surface area contributed by atoms with Crippen LogP contribution in [0.1, 0.15) is 34.5 Å². The van der Waals surface area contributed by atoms with Gasteiger partial charge in [-0.05, 0) is 38.1 Å². The Kier molecular flexibility index (Phi) is 6.94. The number of hydrogen-bond acceptors (Lipinski definition) is 7. The first-order chi connectivity index (χ1) is 15.7. The SMILES string of the molecule is COc1cncc(C#Cc2c[nH]nc2C(=O)Nc2ccc(OCCN3CCCC3)nc2)c1. The molecule has 0 aliphatic carbocycles. The Bertz CT molecular complexity index is 1110. The first-order valence-corrected chi connectivity index (χ1v) is 10.4. The van der Waals surface area contributed by atoms with Gasteiger partial charge in [0.25, 0.3) is 5.91 Å². The molecule has 9 nitrogen and oxygen atoms in total. The Morgan fingerprint density at radius 2 is 2.09 bits per heavy atom. The van der Waals surface area contributed by atoms with Crippen molar-refractivity contribution < 1.29 is 14.3 Å². The summed E-state index contributed by atoms with van der Waals surface area (Å²) in [4.78, 5) is 23.4. The molecule has 1 saturated heterocycles. The summed E-state index contributed by atoms with van der Waals surface area (Å²) in [5.74, 6) is 6.66. The van der Waals surface area contributed by atoms with Gasteiger partial charge in [0.15, 0.2) is 5.69 Å². The average Bonchev–Trinajstić information content (AvgIpc) is 3.51. The van der Waals surface area contributed by atoms with Crippen LogP contribution in [0.5, 0.6) is 11.6 Å². The summed E-state index contributed by atoms with van der Waals surface area (Å²) in [7, 11) is 1.56. The molecule has 0 aromatic carbocycles. The van der Waals surface area contributed by atoms with E-state index in [9.17, 15) is 4.79 Å². The first kappa shape index (κ1) is 21.3. The van der Waals surface area contributed by atoms with Gasteiger partial charge in [0.05, 0.1) is 30.8 Å². The van der Waals surface area contributed by atoms with Gasteiger partial charge in [0.2, 0.25) is 5.88 Å². The number of rotatable bonds is 7. The fourth-order valence-corrected chi connectivity index (χ4v) is 3.31. The third-order valence-electron chi connectivity index (χ3n) is 5.00. The molecule has 164 valence electrons. The monoisotopic (exact) mass is 432 g/mol. The van der Waals surface area contributed by atoms with Crippen LogP contribution >= 0.6 is 0 Å². The van der Waals surface area contributed by atoms with E-state index >= 15 is 0 Å². The third kappa shape index (κ3) is 5.62. The van der Waals surface area contributed by atoms with Crippen LogP contribution in [-0.4, -0.2) is 64.3 Å². The molecular formula is C23H24N6O3. The number of nitrogens with one attached hydrogen (secondary N) is 2. The minimum Gasteiger partial charge on any atom is -0.495 e. The second-order valence-corrected chi connectivity index (χ2v) is 7.25. The van der Waals surface area contributed by atoms with Crippen molar-refractivity contribution >= 4 is 11.6 Å². The topological polar surface area (TPSA) is 105 Å². The summed E-state index contributed by atoms with van der Waals surface area (Å²) in [6.07, 6.45) is 8.87. The van der Waals surface area contributed by atoms with Crippen LogP contribution < -0.4 is 14.8 Å². The van der Waals surface area contributed by atoms with Crippen molar-refractivity contribution in [1.29, 1.82) is 0 Å². The number of hydrogen-bond donors (Lipinski definition) is 2. The summed E-state index contributed by atoms with van der Waals surface area (Å²) in [5.41, 5.74) is 1.88. The summed E-state index contributed by atoms with van der Waals surface area (Å²) >= 11 is 0. The second-order valence-electron chi connectivity index (χ2n) is 7.25. The quantitative estimate of drug-likeness (QED) is 0.552. The van der Waals surface area contributed by atoms with Gasteiger partial charge in [-0.2, -0.15) is 5.10 Å². The summed E-state index contributed by atoms with van der Waals surface area (Å²) in [6, 6.07) is 5.25. The Morgan fingerprint density at radius 1 is 1.22 bits per heavy atom. The lowest BCUT2D eigenvalue weighted by Gasteiger charge is -2.14. The lowest BCUT2D eigenvalue weighted by Crippen LogP contribution is -2.25. The molecule has 0 saturated carbocycles. The number of amides is 1. The van der Waals surface area contributed by atoms with Crippen LogP contribution in [0.15, 0.2) is 43.0 Å². The van der Waals surface area contributed by atoms with Gasteiger partial charge in [0, 0.05) is 30.6 Å². The van der Waals surface area contributed by atoms with Crippen LogP contribution in [0.25, 0.3) is 0 Å². The number of carbonyl (C=O) groups is 1. The average molecular weight is 432 g/mol. The van der Waals surface area contributed by atoms with Gasteiger partial charge >= 0.3 is 0 Å². The summed E-state index contributed by atoms with van der Waals surface area (Å²) < 4.78 is 10.8. The normalized spacial score (nSPS) is 13.3. The van der Waals surface area contributed by atoms with Gasteiger partial charge in [0.1, 0.15) is 12.4 Å². The molecule has 1 aliphatic rings. The lowest BCUT2D eigenvalue weighted by atomic mass is 10.2. The van der Waals surface area contributed by atoms with Gasteiger partial charge in [-0.15, -0.1) is 0 Å².